The zero-order chi connectivity index (χ0) is 12.3. The van der Waals surface area contributed by atoms with Crippen LogP contribution in [0.5, 0.6) is 0 Å². The van der Waals surface area contributed by atoms with Gasteiger partial charge in [-0.05, 0) is 52.7 Å². The van der Waals surface area contributed by atoms with Crippen LogP contribution in [0.3, 0.4) is 0 Å². The Kier molecular flexibility index (Phi) is 4.18. The normalized spacial score (nSPS) is 12.2. The highest BCUT2D eigenvalue weighted by Gasteiger charge is 2.08. The molecule has 1 unspecified atom stereocenters. The minimum atomic E-state index is 0.207. The molecule has 1 N–H and O–H groups in total. The number of aromatic nitrogens is 1. The summed E-state index contributed by atoms with van der Waals surface area (Å²) in [6, 6.07) is 12.3. The van der Waals surface area contributed by atoms with Crippen LogP contribution in [-0.4, -0.2) is 4.98 Å². The predicted octanol–water partition coefficient (Wildman–Crippen LogP) is 4.78. The van der Waals surface area contributed by atoms with Gasteiger partial charge in [-0.25, -0.2) is 4.98 Å². The van der Waals surface area contributed by atoms with E-state index in [0.717, 1.165) is 14.8 Å². The molecule has 1 heterocycles. The average molecular weight is 356 g/mol. The third-order valence-electron chi connectivity index (χ3n) is 2.46. The van der Waals surface area contributed by atoms with Gasteiger partial charge in [-0.15, -0.1) is 0 Å². The van der Waals surface area contributed by atoms with Crippen LogP contribution in [0, 0.1) is 0 Å². The number of benzene rings is 1. The van der Waals surface area contributed by atoms with E-state index >= 15 is 0 Å². The molecule has 0 spiro atoms. The number of pyridine rings is 1. The Morgan fingerprint density at radius 3 is 2.71 bits per heavy atom. The summed E-state index contributed by atoms with van der Waals surface area (Å²) >= 11 is 6.96. The molecular weight excluding hydrogens is 344 g/mol. The number of anilines is 1. The van der Waals surface area contributed by atoms with Crippen molar-refractivity contribution in [1.29, 1.82) is 0 Å². The Hall–Kier alpha value is -0.870. The van der Waals surface area contributed by atoms with Gasteiger partial charge in [0.25, 0.3) is 0 Å². The minimum absolute atomic E-state index is 0.207. The Morgan fingerprint density at radius 2 is 2.00 bits per heavy atom. The van der Waals surface area contributed by atoms with Crippen molar-refractivity contribution in [2.24, 2.45) is 0 Å². The zero-order valence-electron chi connectivity index (χ0n) is 9.32. The van der Waals surface area contributed by atoms with Crippen LogP contribution in [0.1, 0.15) is 18.5 Å². The lowest BCUT2D eigenvalue weighted by molar-refractivity contribution is 0.872. The van der Waals surface area contributed by atoms with E-state index < -0.39 is 0 Å². The van der Waals surface area contributed by atoms with Crippen LogP contribution >= 0.6 is 31.9 Å². The molecule has 2 nitrogen and oxygen atoms in total. The van der Waals surface area contributed by atoms with Crippen molar-refractivity contribution < 1.29 is 0 Å². The first kappa shape index (κ1) is 12.6. The van der Waals surface area contributed by atoms with E-state index in [4.69, 9.17) is 0 Å². The molecule has 0 radical (unpaired) electrons. The first-order valence-corrected chi connectivity index (χ1v) is 6.88. The van der Waals surface area contributed by atoms with Gasteiger partial charge in [0.05, 0.1) is 10.5 Å². The standard InChI is InChI=1S/C13H12Br2N2/c1-9(10-4-2-5-11(14)8-10)17-13-12(15)6-3-7-16-13/h2-9H,1H3,(H,16,17). The zero-order valence-corrected chi connectivity index (χ0v) is 12.5. The van der Waals surface area contributed by atoms with Crippen molar-refractivity contribution in [3.8, 4) is 0 Å². The second kappa shape index (κ2) is 5.65. The Morgan fingerprint density at radius 1 is 1.18 bits per heavy atom. The monoisotopic (exact) mass is 354 g/mol. The fraction of sp³-hybridized carbons (Fsp3) is 0.154. The van der Waals surface area contributed by atoms with Gasteiger partial charge in [0.2, 0.25) is 0 Å². The van der Waals surface area contributed by atoms with Gasteiger partial charge in [0.1, 0.15) is 5.82 Å². The fourth-order valence-corrected chi connectivity index (χ4v) is 2.34. The molecule has 0 aliphatic carbocycles. The second-order valence-corrected chi connectivity index (χ2v) is 5.52. The molecule has 0 saturated carbocycles. The smallest absolute Gasteiger partial charge is 0.140 e. The lowest BCUT2D eigenvalue weighted by Gasteiger charge is -2.16. The summed E-state index contributed by atoms with van der Waals surface area (Å²) in [5.41, 5.74) is 1.22. The van der Waals surface area contributed by atoms with E-state index in [0.29, 0.717) is 0 Å². The molecular formula is C13H12Br2N2. The van der Waals surface area contributed by atoms with Gasteiger partial charge in [0.15, 0.2) is 0 Å². The van der Waals surface area contributed by atoms with E-state index in [1.807, 2.05) is 24.3 Å². The Balaban J connectivity index is 2.17. The quantitative estimate of drug-likeness (QED) is 0.856. The molecule has 1 aromatic heterocycles. The number of nitrogens with zero attached hydrogens (tertiary/aromatic N) is 1. The molecule has 0 saturated heterocycles. The van der Waals surface area contributed by atoms with Gasteiger partial charge in [-0.2, -0.15) is 0 Å². The topological polar surface area (TPSA) is 24.9 Å². The summed E-state index contributed by atoms with van der Waals surface area (Å²) in [5, 5.41) is 3.37. The highest BCUT2D eigenvalue weighted by molar-refractivity contribution is 9.10. The van der Waals surface area contributed by atoms with E-state index in [2.05, 4.69) is 61.2 Å². The maximum atomic E-state index is 4.30. The summed E-state index contributed by atoms with van der Waals surface area (Å²) in [7, 11) is 0. The molecule has 17 heavy (non-hydrogen) atoms. The van der Waals surface area contributed by atoms with Crippen molar-refractivity contribution in [2.45, 2.75) is 13.0 Å². The predicted molar refractivity (Wildman–Crippen MR) is 78.1 cm³/mol. The highest BCUT2D eigenvalue weighted by Crippen LogP contribution is 2.25. The van der Waals surface area contributed by atoms with Crippen molar-refractivity contribution in [2.75, 3.05) is 5.32 Å². The molecule has 0 aliphatic heterocycles. The number of halogens is 2. The number of hydrogen-bond acceptors (Lipinski definition) is 2. The second-order valence-electron chi connectivity index (χ2n) is 3.75. The maximum absolute atomic E-state index is 4.30. The van der Waals surface area contributed by atoms with Gasteiger partial charge in [0, 0.05) is 10.7 Å². The Bertz CT molecular complexity index is 514. The van der Waals surface area contributed by atoms with Crippen LogP contribution in [0.2, 0.25) is 0 Å². The van der Waals surface area contributed by atoms with Crippen LogP contribution < -0.4 is 5.32 Å². The van der Waals surface area contributed by atoms with Gasteiger partial charge in [-0.1, -0.05) is 28.1 Å². The fourth-order valence-electron chi connectivity index (χ4n) is 1.56. The van der Waals surface area contributed by atoms with Crippen LogP contribution in [0.25, 0.3) is 0 Å². The van der Waals surface area contributed by atoms with E-state index in [9.17, 15) is 0 Å². The molecule has 88 valence electrons. The van der Waals surface area contributed by atoms with Gasteiger partial charge in [-0.3, -0.25) is 0 Å². The summed E-state index contributed by atoms with van der Waals surface area (Å²) in [4.78, 5) is 4.30. The van der Waals surface area contributed by atoms with Crippen molar-refractivity contribution in [1.82, 2.24) is 4.98 Å². The molecule has 1 atom stereocenters. The molecule has 0 aliphatic rings. The van der Waals surface area contributed by atoms with E-state index in [1.54, 1.807) is 6.20 Å². The van der Waals surface area contributed by atoms with Crippen LogP contribution in [-0.2, 0) is 0 Å². The first-order chi connectivity index (χ1) is 8.16. The van der Waals surface area contributed by atoms with Crippen molar-refractivity contribution in [3.05, 3.63) is 57.1 Å². The lowest BCUT2D eigenvalue weighted by Crippen LogP contribution is -2.08. The third-order valence-corrected chi connectivity index (χ3v) is 3.59. The highest BCUT2D eigenvalue weighted by atomic mass is 79.9. The first-order valence-electron chi connectivity index (χ1n) is 5.29. The van der Waals surface area contributed by atoms with Crippen molar-refractivity contribution in [3.63, 3.8) is 0 Å². The minimum Gasteiger partial charge on any atom is -0.363 e. The van der Waals surface area contributed by atoms with Crippen molar-refractivity contribution >= 4 is 37.7 Å². The largest absolute Gasteiger partial charge is 0.363 e. The summed E-state index contributed by atoms with van der Waals surface area (Å²) < 4.78 is 2.06. The molecule has 4 heteroatoms. The number of rotatable bonds is 3. The summed E-state index contributed by atoms with van der Waals surface area (Å²) in [5.74, 6) is 0.861. The molecule has 1 aromatic carbocycles. The molecule has 2 aromatic rings. The van der Waals surface area contributed by atoms with Crippen LogP contribution in [0.15, 0.2) is 51.5 Å². The maximum Gasteiger partial charge on any atom is 0.140 e. The van der Waals surface area contributed by atoms with Crippen LogP contribution in [0.4, 0.5) is 5.82 Å². The van der Waals surface area contributed by atoms with Gasteiger partial charge < -0.3 is 5.32 Å². The number of nitrogens with one attached hydrogen (secondary N) is 1. The Labute approximate surface area is 118 Å². The summed E-state index contributed by atoms with van der Waals surface area (Å²) in [6.45, 7) is 2.11. The molecule has 0 amide bonds. The number of hydrogen-bond donors (Lipinski definition) is 1. The average Bonchev–Trinajstić information content (AvgIpc) is 2.32. The summed E-state index contributed by atoms with van der Waals surface area (Å²) in [6.07, 6.45) is 1.78. The van der Waals surface area contributed by atoms with Gasteiger partial charge >= 0.3 is 0 Å². The third kappa shape index (κ3) is 3.30. The lowest BCUT2D eigenvalue weighted by atomic mass is 10.1. The molecule has 0 bridgehead atoms. The molecule has 0 fully saturated rings. The van der Waals surface area contributed by atoms with E-state index in [-0.39, 0.29) is 6.04 Å². The SMILES string of the molecule is CC(Nc1ncccc1Br)c1cccc(Br)c1. The molecule has 2 rings (SSSR count). The van der Waals surface area contributed by atoms with E-state index in [1.165, 1.54) is 5.56 Å².